The summed E-state index contributed by atoms with van der Waals surface area (Å²) in [5.74, 6) is -0.930. The van der Waals surface area contributed by atoms with Crippen LogP contribution in [0.2, 0.25) is 5.02 Å². The molecule has 0 unspecified atom stereocenters. The second-order valence-electron chi connectivity index (χ2n) is 11.6. The van der Waals surface area contributed by atoms with Crippen LogP contribution < -0.4 is 0 Å². The number of carbonyl (C=O) groups excluding carboxylic acids is 2. The van der Waals surface area contributed by atoms with Crippen molar-refractivity contribution in [2.75, 3.05) is 12.8 Å². The number of hydrogen-bond acceptors (Lipinski definition) is 7. The minimum absolute atomic E-state index is 0.0193. The van der Waals surface area contributed by atoms with Crippen LogP contribution in [0.25, 0.3) is 21.9 Å². The third kappa shape index (κ3) is 6.46. The van der Waals surface area contributed by atoms with Gasteiger partial charge in [0, 0.05) is 24.0 Å². The molecule has 2 atom stereocenters. The predicted octanol–water partition coefficient (Wildman–Crippen LogP) is 7.53. The van der Waals surface area contributed by atoms with Gasteiger partial charge in [-0.2, -0.15) is 0 Å². The van der Waals surface area contributed by atoms with E-state index in [0.717, 1.165) is 0 Å². The molecule has 2 aromatic heterocycles. The number of benzene rings is 1. The molecule has 1 aromatic carbocycles. The summed E-state index contributed by atoms with van der Waals surface area (Å²) in [5.41, 5.74) is 0.222. The maximum Gasteiger partial charge on any atom is 0.410 e. The molecule has 12 heteroatoms. The molecule has 0 bridgehead atoms. The molecular formula is C27H33BrClFN4O4S. The Morgan fingerprint density at radius 2 is 1.85 bits per heavy atom. The van der Waals surface area contributed by atoms with Gasteiger partial charge < -0.3 is 18.9 Å². The monoisotopic (exact) mass is 642 g/mol. The maximum absolute atomic E-state index is 15.3. The number of aromatic nitrogens is 3. The van der Waals surface area contributed by atoms with E-state index in [-0.39, 0.29) is 27.5 Å². The van der Waals surface area contributed by atoms with E-state index in [9.17, 15) is 9.59 Å². The van der Waals surface area contributed by atoms with Crippen molar-refractivity contribution in [3.8, 4) is 0 Å². The Bertz CT molecular complexity index is 1440. The highest BCUT2D eigenvalue weighted by atomic mass is 79.9. The topological polar surface area (TPSA) is 86.5 Å². The zero-order valence-corrected chi connectivity index (χ0v) is 26.3. The SMILES string of the molecule is CSc1nc2c(F)c(Br)c(Cl)cc2c2c1ncn2[C@H]1CCN(C(=O)OC(C)(C)C)[C@H](CC(=O)OC(C)(C)C)C1. The van der Waals surface area contributed by atoms with Gasteiger partial charge in [0.25, 0.3) is 0 Å². The van der Waals surface area contributed by atoms with Gasteiger partial charge in [0.1, 0.15) is 27.3 Å². The Hall–Kier alpha value is -2.11. The van der Waals surface area contributed by atoms with Crippen molar-refractivity contribution in [3.05, 3.63) is 27.7 Å². The number of ether oxygens (including phenoxy) is 2. The molecule has 1 aliphatic heterocycles. The smallest absolute Gasteiger partial charge is 0.410 e. The van der Waals surface area contributed by atoms with Crippen molar-refractivity contribution in [3.63, 3.8) is 0 Å². The minimum atomic E-state index is -0.678. The van der Waals surface area contributed by atoms with Crippen molar-refractivity contribution < 1.29 is 23.5 Å². The fourth-order valence-corrected chi connectivity index (χ4v) is 5.87. The molecule has 1 amide bonds. The van der Waals surface area contributed by atoms with Gasteiger partial charge in [-0.05, 0) is 82.6 Å². The van der Waals surface area contributed by atoms with Gasteiger partial charge in [0.15, 0.2) is 5.82 Å². The second-order valence-corrected chi connectivity index (χ2v) is 13.6. The number of likely N-dealkylation sites (tertiary alicyclic amines) is 1. The van der Waals surface area contributed by atoms with Gasteiger partial charge in [-0.25, -0.2) is 19.2 Å². The van der Waals surface area contributed by atoms with Crippen LogP contribution in [-0.2, 0) is 14.3 Å². The van der Waals surface area contributed by atoms with Crippen LogP contribution >= 0.6 is 39.3 Å². The van der Waals surface area contributed by atoms with E-state index in [4.69, 9.17) is 21.1 Å². The molecule has 0 aliphatic carbocycles. The minimum Gasteiger partial charge on any atom is -0.460 e. The van der Waals surface area contributed by atoms with Gasteiger partial charge in [-0.3, -0.25) is 4.79 Å². The fourth-order valence-electron chi connectivity index (χ4n) is 4.85. The first-order chi connectivity index (χ1) is 18.1. The molecular weight excluding hydrogens is 611 g/mol. The van der Waals surface area contributed by atoms with Crippen LogP contribution in [0.3, 0.4) is 0 Å². The summed E-state index contributed by atoms with van der Waals surface area (Å²) < 4.78 is 28.6. The van der Waals surface area contributed by atoms with Gasteiger partial charge in [-0.1, -0.05) is 11.6 Å². The Labute approximate surface area is 245 Å². The number of amides is 1. The van der Waals surface area contributed by atoms with Crippen LogP contribution in [0.5, 0.6) is 0 Å². The van der Waals surface area contributed by atoms with E-state index >= 15 is 4.39 Å². The molecule has 0 radical (unpaired) electrons. The number of piperidine rings is 1. The number of pyridine rings is 1. The molecule has 1 aliphatic rings. The molecule has 39 heavy (non-hydrogen) atoms. The van der Waals surface area contributed by atoms with Crippen LogP contribution in [0.1, 0.15) is 66.8 Å². The molecule has 1 saturated heterocycles. The zero-order chi connectivity index (χ0) is 28.9. The van der Waals surface area contributed by atoms with Crippen LogP contribution in [0.4, 0.5) is 9.18 Å². The summed E-state index contributed by atoms with van der Waals surface area (Å²) >= 11 is 11.0. The van der Waals surface area contributed by atoms with Gasteiger partial charge >= 0.3 is 12.1 Å². The van der Waals surface area contributed by atoms with Gasteiger partial charge in [0.05, 0.1) is 27.8 Å². The van der Waals surface area contributed by atoms with E-state index in [0.29, 0.717) is 40.8 Å². The number of hydrogen-bond donors (Lipinski definition) is 0. The molecule has 0 spiro atoms. The highest BCUT2D eigenvalue weighted by Crippen LogP contribution is 2.40. The third-order valence-electron chi connectivity index (χ3n) is 6.33. The van der Waals surface area contributed by atoms with Crippen LogP contribution in [-0.4, -0.2) is 61.5 Å². The molecule has 8 nitrogen and oxygen atoms in total. The number of esters is 1. The lowest BCUT2D eigenvalue weighted by atomic mass is 9.94. The number of carbonyl (C=O) groups is 2. The molecule has 0 N–H and O–H groups in total. The highest BCUT2D eigenvalue weighted by Gasteiger charge is 2.37. The predicted molar refractivity (Wildman–Crippen MR) is 155 cm³/mol. The first-order valence-electron chi connectivity index (χ1n) is 12.7. The molecule has 3 heterocycles. The molecule has 0 saturated carbocycles. The first-order valence-corrected chi connectivity index (χ1v) is 15.1. The lowest BCUT2D eigenvalue weighted by molar-refractivity contribution is -0.156. The summed E-state index contributed by atoms with van der Waals surface area (Å²) in [4.78, 5) is 36.8. The van der Waals surface area contributed by atoms with Crippen LogP contribution in [0, 0.1) is 5.82 Å². The Kier molecular flexibility index (Phi) is 8.46. The zero-order valence-electron chi connectivity index (χ0n) is 23.1. The first kappa shape index (κ1) is 29.9. The largest absolute Gasteiger partial charge is 0.460 e. The number of imidazole rings is 1. The molecule has 3 aromatic rings. The number of halogens is 3. The lowest BCUT2D eigenvalue weighted by Gasteiger charge is -2.40. The molecule has 4 rings (SSSR count). The van der Waals surface area contributed by atoms with Crippen molar-refractivity contribution >= 4 is 73.3 Å². The number of thioether (sulfide) groups is 1. The average molecular weight is 644 g/mol. The van der Waals surface area contributed by atoms with E-state index in [1.165, 1.54) is 11.8 Å². The van der Waals surface area contributed by atoms with Crippen molar-refractivity contribution in [1.82, 2.24) is 19.4 Å². The Morgan fingerprint density at radius 3 is 2.46 bits per heavy atom. The average Bonchev–Trinajstić information content (AvgIpc) is 3.25. The third-order valence-corrected chi connectivity index (χ3v) is 8.30. The van der Waals surface area contributed by atoms with Gasteiger partial charge in [0.2, 0.25) is 0 Å². The Morgan fingerprint density at radius 1 is 1.18 bits per heavy atom. The van der Waals surface area contributed by atoms with Gasteiger partial charge in [-0.15, -0.1) is 11.8 Å². The summed E-state index contributed by atoms with van der Waals surface area (Å²) in [6, 6.07) is 1.09. The van der Waals surface area contributed by atoms with Crippen LogP contribution in [0.15, 0.2) is 21.9 Å². The summed E-state index contributed by atoms with van der Waals surface area (Å²) in [6.45, 7) is 11.2. The van der Waals surface area contributed by atoms with E-state index < -0.39 is 35.1 Å². The normalized spacial score (nSPS) is 18.6. The van der Waals surface area contributed by atoms with E-state index in [2.05, 4.69) is 25.9 Å². The molecule has 212 valence electrons. The Balaban J connectivity index is 1.77. The number of nitrogens with zero attached hydrogens (tertiary/aromatic N) is 4. The fraction of sp³-hybridized carbons (Fsp3) is 0.556. The summed E-state index contributed by atoms with van der Waals surface area (Å²) in [5, 5.41) is 1.38. The standard InChI is InChI=1S/C27H33BrClFN4O4S/c1-26(2,3)37-18(35)11-15-10-14(8-9-33(15)25(36)38-27(4,5)6)34-13-31-22-23(34)16-12-17(29)19(28)20(30)21(16)32-24(22)39-7/h12-15H,8-11H2,1-7H3/t14-,15-/m0/s1. The van der Waals surface area contributed by atoms with Crippen molar-refractivity contribution in [1.29, 1.82) is 0 Å². The maximum atomic E-state index is 15.3. The van der Waals surface area contributed by atoms with Crippen molar-refractivity contribution in [2.24, 2.45) is 0 Å². The second kappa shape index (κ2) is 11.0. The molecule has 1 fully saturated rings. The van der Waals surface area contributed by atoms with E-state index in [1.807, 2.05) is 52.4 Å². The summed E-state index contributed by atoms with van der Waals surface area (Å²) in [6.07, 6.45) is 4.17. The summed E-state index contributed by atoms with van der Waals surface area (Å²) in [7, 11) is 0. The van der Waals surface area contributed by atoms with Crippen molar-refractivity contribution in [2.45, 2.75) is 89.1 Å². The lowest BCUT2D eigenvalue weighted by Crippen LogP contribution is -2.49. The highest BCUT2D eigenvalue weighted by molar-refractivity contribution is 9.10. The van der Waals surface area contributed by atoms with E-state index in [1.54, 1.807) is 17.3 Å². The number of rotatable bonds is 4. The number of fused-ring (bicyclic) bond motifs is 3. The quantitative estimate of drug-likeness (QED) is 0.165.